The second kappa shape index (κ2) is 5.64. The largest absolute Gasteiger partial charge is 0.315 e. The number of carbonyl (C=O) groups excluding carboxylic acids is 1. The van der Waals surface area contributed by atoms with Gasteiger partial charge < -0.3 is 9.80 Å². The number of benzene rings is 1. The number of amides is 1. The zero-order valence-corrected chi connectivity index (χ0v) is 13.7. The first kappa shape index (κ1) is 15.5. The highest BCUT2D eigenvalue weighted by Crippen LogP contribution is 2.29. The van der Waals surface area contributed by atoms with Crippen LogP contribution in [0.4, 0.5) is 5.69 Å². The quantitative estimate of drug-likeness (QED) is 0.873. The van der Waals surface area contributed by atoms with E-state index >= 15 is 0 Å². The van der Waals surface area contributed by atoms with Crippen LogP contribution in [-0.4, -0.2) is 53.0 Å². The van der Waals surface area contributed by atoms with Gasteiger partial charge in [0.25, 0.3) is 0 Å². The number of likely N-dealkylation sites (N-methyl/N-ethyl adjacent to an activating group) is 1. The van der Waals surface area contributed by atoms with E-state index in [9.17, 15) is 13.2 Å². The van der Waals surface area contributed by atoms with E-state index < -0.39 is 10.0 Å². The minimum atomic E-state index is -3.52. The maximum Gasteiger partial charge on any atom is 0.240 e. The Morgan fingerprint density at radius 2 is 2.09 bits per heavy atom. The van der Waals surface area contributed by atoms with Gasteiger partial charge in [0.1, 0.15) is 0 Å². The van der Waals surface area contributed by atoms with Crippen molar-refractivity contribution < 1.29 is 13.2 Å². The van der Waals surface area contributed by atoms with Gasteiger partial charge in [-0.25, -0.2) is 13.1 Å². The Hall–Kier alpha value is -1.44. The molecular weight excluding hydrogens is 302 g/mol. The third-order valence-electron chi connectivity index (χ3n) is 4.49. The first-order chi connectivity index (χ1) is 10.4. The molecule has 0 aromatic heterocycles. The molecule has 1 unspecified atom stereocenters. The molecule has 0 spiro atoms. The smallest absolute Gasteiger partial charge is 0.240 e. The lowest BCUT2D eigenvalue weighted by Crippen LogP contribution is -2.30. The number of likely N-dealkylation sites (tertiary alicyclic amines) is 1. The van der Waals surface area contributed by atoms with Crippen molar-refractivity contribution >= 4 is 21.6 Å². The van der Waals surface area contributed by atoms with Crippen LogP contribution in [0, 0.1) is 5.92 Å². The Bertz CT molecular complexity index is 702. The molecule has 22 heavy (non-hydrogen) atoms. The zero-order chi connectivity index (χ0) is 15.9. The molecule has 3 rings (SSSR count). The average Bonchev–Trinajstić information content (AvgIpc) is 3.01. The van der Waals surface area contributed by atoms with Crippen LogP contribution in [0.2, 0.25) is 0 Å². The molecule has 0 bridgehead atoms. The molecule has 1 atom stereocenters. The van der Waals surface area contributed by atoms with Crippen LogP contribution in [0.3, 0.4) is 0 Å². The lowest BCUT2D eigenvalue weighted by atomic mass is 10.1. The van der Waals surface area contributed by atoms with Gasteiger partial charge in [0.2, 0.25) is 15.9 Å². The summed E-state index contributed by atoms with van der Waals surface area (Å²) in [7, 11) is 0.230. The summed E-state index contributed by atoms with van der Waals surface area (Å²) in [6.45, 7) is 2.40. The standard InChI is InChI=1S/C15H21N3O3S/c1-17-6-5-11(10-17)9-16-22(20,21)13-3-4-14-12(7-13)8-15(19)18(14)2/h3-4,7,11,16H,5-6,8-10H2,1-2H3. The molecule has 2 heterocycles. The van der Waals surface area contributed by atoms with Gasteiger partial charge in [0, 0.05) is 25.8 Å². The number of rotatable bonds is 4. The predicted molar refractivity (Wildman–Crippen MR) is 84.3 cm³/mol. The van der Waals surface area contributed by atoms with E-state index in [1.165, 1.54) is 0 Å². The lowest BCUT2D eigenvalue weighted by Gasteiger charge is -2.13. The summed E-state index contributed by atoms with van der Waals surface area (Å²) in [5, 5.41) is 0. The van der Waals surface area contributed by atoms with Crippen molar-refractivity contribution in [1.82, 2.24) is 9.62 Å². The van der Waals surface area contributed by atoms with Crippen LogP contribution in [0.5, 0.6) is 0 Å². The van der Waals surface area contributed by atoms with Crippen molar-refractivity contribution in [2.24, 2.45) is 5.92 Å². The molecule has 1 aromatic rings. The summed E-state index contributed by atoms with van der Waals surface area (Å²) in [6.07, 6.45) is 1.28. The van der Waals surface area contributed by atoms with Crippen molar-refractivity contribution in [3.8, 4) is 0 Å². The van der Waals surface area contributed by atoms with Crippen LogP contribution in [-0.2, 0) is 21.2 Å². The number of sulfonamides is 1. The molecule has 2 aliphatic heterocycles. The van der Waals surface area contributed by atoms with E-state index in [2.05, 4.69) is 9.62 Å². The van der Waals surface area contributed by atoms with Crippen molar-refractivity contribution in [2.45, 2.75) is 17.7 Å². The highest BCUT2D eigenvalue weighted by molar-refractivity contribution is 7.89. The molecule has 1 amide bonds. The monoisotopic (exact) mass is 323 g/mol. The number of nitrogens with one attached hydrogen (secondary N) is 1. The second-order valence-electron chi connectivity index (χ2n) is 6.19. The van der Waals surface area contributed by atoms with Gasteiger partial charge in [-0.2, -0.15) is 0 Å². The van der Waals surface area contributed by atoms with Crippen LogP contribution < -0.4 is 9.62 Å². The number of hydrogen-bond donors (Lipinski definition) is 1. The first-order valence-corrected chi connectivity index (χ1v) is 8.93. The maximum atomic E-state index is 12.4. The normalized spacial score (nSPS) is 22.4. The Kier molecular flexibility index (Phi) is 3.96. The number of fused-ring (bicyclic) bond motifs is 1. The van der Waals surface area contributed by atoms with E-state index in [0.717, 1.165) is 30.8 Å². The van der Waals surface area contributed by atoms with Gasteiger partial charge in [-0.1, -0.05) is 0 Å². The molecule has 0 radical (unpaired) electrons. The Balaban J connectivity index is 1.73. The van der Waals surface area contributed by atoms with Crippen molar-refractivity contribution in [2.75, 3.05) is 38.6 Å². The van der Waals surface area contributed by atoms with Crippen molar-refractivity contribution in [3.05, 3.63) is 23.8 Å². The Morgan fingerprint density at radius 3 is 2.77 bits per heavy atom. The molecule has 0 aliphatic carbocycles. The number of hydrogen-bond acceptors (Lipinski definition) is 4. The van der Waals surface area contributed by atoms with Crippen molar-refractivity contribution in [1.29, 1.82) is 0 Å². The summed E-state index contributed by atoms with van der Waals surface area (Å²) in [5.41, 5.74) is 1.57. The van der Waals surface area contributed by atoms with Gasteiger partial charge >= 0.3 is 0 Å². The maximum absolute atomic E-state index is 12.4. The fourth-order valence-corrected chi connectivity index (χ4v) is 4.28. The molecule has 1 fully saturated rings. The molecule has 1 aromatic carbocycles. The summed E-state index contributed by atoms with van der Waals surface area (Å²) < 4.78 is 27.5. The zero-order valence-electron chi connectivity index (χ0n) is 12.9. The van der Waals surface area contributed by atoms with E-state index in [4.69, 9.17) is 0 Å². The molecule has 120 valence electrons. The number of carbonyl (C=O) groups is 1. The molecule has 7 heteroatoms. The van der Waals surface area contributed by atoms with Crippen LogP contribution in [0.1, 0.15) is 12.0 Å². The summed E-state index contributed by atoms with van der Waals surface area (Å²) in [5.74, 6) is 0.355. The SMILES string of the molecule is CN1CCC(CNS(=O)(=O)c2ccc3c(c2)CC(=O)N3C)C1. The van der Waals surface area contributed by atoms with E-state index in [0.29, 0.717) is 12.5 Å². The Labute approximate surface area is 131 Å². The third-order valence-corrected chi connectivity index (χ3v) is 5.91. The minimum absolute atomic E-state index is 0.00787. The fraction of sp³-hybridized carbons (Fsp3) is 0.533. The molecular formula is C15H21N3O3S. The molecule has 0 saturated carbocycles. The minimum Gasteiger partial charge on any atom is -0.315 e. The molecule has 1 N–H and O–H groups in total. The van der Waals surface area contributed by atoms with Crippen LogP contribution in [0.25, 0.3) is 0 Å². The number of nitrogens with zero attached hydrogens (tertiary/aromatic N) is 2. The van der Waals surface area contributed by atoms with E-state index in [1.807, 2.05) is 7.05 Å². The summed E-state index contributed by atoms with van der Waals surface area (Å²) in [4.78, 5) is 15.7. The van der Waals surface area contributed by atoms with Gasteiger partial charge in [0.05, 0.1) is 11.3 Å². The molecule has 2 aliphatic rings. The van der Waals surface area contributed by atoms with Crippen molar-refractivity contribution in [3.63, 3.8) is 0 Å². The number of anilines is 1. The first-order valence-electron chi connectivity index (χ1n) is 7.44. The van der Waals surface area contributed by atoms with Gasteiger partial charge in [-0.05, 0) is 49.7 Å². The highest BCUT2D eigenvalue weighted by Gasteiger charge is 2.27. The average molecular weight is 323 g/mol. The second-order valence-corrected chi connectivity index (χ2v) is 7.96. The summed E-state index contributed by atoms with van der Waals surface area (Å²) in [6, 6.07) is 4.88. The van der Waals surface area contributed by atoms with Gasteiger partial charge in [-0.3, -0.25) is 4.79 Å². The van der Waals surface area contributed by atoms with Gasteiger partial charge in [-0.15, -0.1) is 0 Å². The molecule has 1 saturated heterocycles. The van der Waals surface area contributed by atoms with E-state index in [-0.39, 0.29) is 17.2 Å². The topological polar surface area (TPSA) is 69.7 Å². The fourth-order valence-electron chi connectivity index (χ4n) is 3.12. The third kappa shape index (κ3) is 2.88. The van der Waals surface area contributed by atoms with E-state index in [1.54, 1.807) is 30.1 Å². The highest BCUT2D eigenvalue weighted by atomic mass is 32.2. The van der Waals surface area contributed by atoms with Gasteiger partial charge in [0.15, 0.2) is 0 Å². The van der Waals surface area contributed by atoms with Crippen LogP contribution >= 0.6 is 0 Å². The Morgan fingerprint density at radius 1 is 1.32 bits per heavy atom. The predicted octanol–water partition coefficient (Wildman–Crippen LogP) is 0.435. The molecule has 6 nitrogen and oxygen atoms in total. The van der Waals surface area contributed by atoms with Crippen LogP contribution in [0.15, 0.2) is 23.1 Å². The lowest BCUT2D eigenvalue weighted by molar-refractivity contribution is -0.117. The summed E-state index contributed by atoms with van der Waals surface area (Å²) >= 11 is 0.